The Hall–Kier alpha value is -2.89. The maximum Gasteiger partial charge on any atom is 0.229 e. The third-order valence-corrected chi connectivity index (χ3v) is 8.81. The fraction of sp³-hybridized carbons (Fsp3) is 0.519. The van der Waals surface area contributed by atoms with E-state index < -0.39 is 15.1 Å². The lowest BCUT2D eigenvalue weighted by Crippen LogP contribution is -2.28. The second-order valence-corrected chi connectivity index (χ2v) is 13.0. The highest BCUT2D eigenvalue weighted by molar-refractivity contribution is 7.92. The molecule has 39 heavy (non-hydrogen) atoms. The van der Waals surface area contributed by atoms with E-state index in [4.69, 9.17) is 16.3 Å². The van der Waals surface area contributed by atoms with E-state index in [1.807, 2.05) is 13.0 Å². The maximum atomic E-state index is 12.8. The molecule has 2 aromatic rings. The summed E-state index contributed by atoms with van der Waals surface area (Å²) in [4.78, 5) is 11.1. The van der Waals surface area contributed by atoms with Gasteiger partial charge in [0, 0.05) is 19.3 Å². The molecule has 0 aliphatic carbocycles. The topological polar surface area (TPSA) is 114 Å². The first-order chi connectivity index (χ1) is 18.2. The fourth-order valence-corrected chi connectivity index (χ4v) is 4.77. The molecule has 10 nitrogen and oxygen atoms in total. The summed E-state index contributed by atoms with van der Waals surface area (Å²) in [5, 5.41) is 9.79. The molecule has 0 fully saturated rings. The number of rotatable bonds is 14. The van der Waals surface area contributed by atoms with Crippen molar-refractivity contribution in [1.82, 2.24) is 24.6 Å². The van der Waals surface area contributed by atoms with Crippen LogP contribution in [0.4, 0.5) is 17.5 Å². The molecular formula is C27H42ClN7O3S. The number of nitrogens with one attached hydrogen (secondary N) is 2. The van der Waals surface area contributed by atoms with Crippen molar-refractivity contribution in [3.8, 4) is 0 Å². The smallest absolute Gasteiger partial charge is 0.229 e. The number of hydrogen-bond donors (Lipinski definition) is 2. The summed E-state index contributed by atoms with van der Waals surface area (Å²) < 4.78 is 32.3. The molecule has 1 atom stereocenters. The first-order valence-electron chi connectivity index (χ1n) is 12.8. The zero-order chi connectivity index (χ0) is 29.5. The van der Waals surface area contributed by atoms with Gasteiger partial charge in [-0.2, -0.15) is 10.1 Å². The Morgan fingerprint density at radius 1 is 1.28 bits per heavy atom. The number of aromatic nitrogens is 4. The SMILES string of the molecule is C=C(/C(C)=C\C(=C\OC)Nc1ncc(Cl)c(Nc2cn(C)nc2S(=O)(=O)C(C)C)n1)C(C)CCN(C)C(C)C. The summed E-state index contributed by atoms with van der Waals surface area (Å²) in [6.07, 6.45) is 7.46. The molecule has 0 saturated heterocycles. The normalized spacial score (nSPS) is 13.8. The highest BCUT2D eigenvalue weighted by Crippen LogP contribution is 2.30. The van der Waals surface area contributed by atoms with Gasteiger partial charge < -0.3 is 20.3 Å². The summed E-state index contributed by atoms with van der Waals surface area (Å²) in [5.74, 6) is 0.764. The molecule has 0 aliphatic heterocycles. The minimum atomic E-state index is -3.64. The maximum absolute atomic E-state index is 12.8. The molecule has 2 heterocycles. The first kappa shape index (κ1) is 32.3. The van der Waals surface area contributed by atoms with Crippen molar-refractivity contribution in [3.05, 3.63) is 53.2 Å². The van der Waals surface area contributed by atoms with E-state index in [-0.39, 0.29) is 27.5 Å². The van der Waals surface area contributed by atoms with Gasteiger partial charge in [0.2, 0.25) is 20.8 Å². The Labute approximate surface area is 238 Å². The van der Waals surface area contributed by atoms with Gasteiger partial charge in [-0.05, 0) is 77.8 Å². The van der Waals surface area contributed by atoms with Crippen LogP contribution in [0.3, 0.4) is 0 Å². The molecule has 0 saturated carbocycles. The third-order valence-electron chi connectivity index (χ3n) is 6.45. The molecule has 0 spiro atoms. The monoisotopic (exact) mass is 579 g/mol. The number of aryl methyl sites for hydroxylation is 1. The van der Waals surface area contributed by atoms with E-state index in [0.717, 1.165) is 24.1 Å². The van der Waals surface area contributed by atoms with Crippen LogP contribution in [0.2, 0.25) is 5.02 Å². The van der Waals surface area contributed by atoms with Gasteiger partial charge in [0.1, 0.15) is 11.3 Å². The van der Waals surface area contributed by atoms with Gasteiger partial charge in [-0.1, -0.05) is 25.1 Å². The number of hydrogen-bond acceptors (Lipinski definition) is 9. The number of allylic oxidation sites excluding steroid dienone is 3. The van der Waals surface area contributed by atoms with E-state index in [9.17, 15) is 8.42 Å². The lowest BCUT2D eigenvalue weighted by Gasteiger charge is -2.24. The number of halogens is 1. The van der Waals surface area contributed by atoms with Crippen molar-refractivity contribution in [1.29, 1.82) is 0 Å². The highest BCUT2D eigenvalue weighted by Gasteiger charge is 2.27. The molecule has 12 heteroatoms. The van der Waals surface area contributed by atoms with Gasteiger partial charge in [0.05, 0.1) is 29.9 Å². The second kappa shape index (κ2) is 14.0. The standard InChI is InChI=1S/C27H42ClN7O3S/c1-17(2)34(8)12-11-19(5)21(7)20(6)13-22(16-38-10)30-27-29-14-23(28)25(32-27)31-24-15-35(9)33-26(24)39(36,37)18(3)4/h13-19H,7,11-12H2,1-6,8-10H3,(H2,29,30,31,32)/b20-13-,22-16-. The van der Waals surface area contributed by atoms with E-state index >= 15 is 0 Å². The molecule has 2 N–H and O–H groups in total. The molecule has 0 radical (unpaired) electrons. The quantitative estimate of drug-likeness (QED) is 0.219. The highest BCUT2D eigenvalue weighted by atomic mass is 35.5. The molecule has 1 unspecified atom stereocenters. The van der Waals surface area contributed by atoms with Crippen LogP contribution < -0.4 is 10.6 Å². The zero-order valence-corrected chi connectivity index (χ0v) is 26.0. The lowest BCUT2D eigenvalue weighted by molar-refractivity contribution is 0.260. The van der Waals surface area contributed by atoms with Crippen LogP contribution in [0, 0.1) is 5.92 Å². The van der Waals surface area contributed by atoms with Crippen molar-refractivity contribution in [2.75, 3.05) is 31.3 Å². The largest absolute Gasteiger partial charge is 0.502 e. The van der Waals surface area contributed by atoms with E-state index in [1.165, 1.54) is 10.9 Å². The Morgan fingerprint density at radius 3 is 2.54 bits per heavy atom. The molecule has 0 aromatic carbocycles. The molecule has 0 amide bonds. The van der Waals surface area contributed by atoms with Crippen LogP contribution in [0.15, 0.2) is 53.2 Å². The third kappa shape index (κ3) is 8.81. The lowest BCUT2D eigenvalue weighted by atomic mass is 9.92. The van der Waals surface area contributed by atoms with Crippen LogP contribution in [-0.4, -0.2) is 65.1 Å². The van der Waals surface area contributed by atoms with Crippen molar-refractivity contribution in [3.63, 3.8) is 0 Å². The summed E-state index contributed by atoms with van der Waals surface area (Å²) in [5.41, 5.74) is 2.91. The summed E-state index contributed by atoms with van der Waals surface area (Å²) in [6, 6.07) is 0.491. The average molecular weight is 580 g/mol. The van der Waals surface area contributed by atoms with Gasteiger partial charge in [-0.3, -0.25) is 4.68 Å². The number of nitrogens with zero attached hydrogens (tertiary/aromatic N) is 5. The molecular weight excluding hydrogens is 538 g/mol. The predicted molar refractivity (Wildman–Crippen MR) is 159 cm³/mol. The summed E-state index contributed by atoms with van der Waals surface area (Å²) in [6.45, 7) is 17.0. The van der Waals surface area contributed by atoms with Crippen LogP contribution in [0.5, 0.6) is 0 Å². The van der Waals surface area contributed by atoms with Gasteiger partial charge in [0.25, 0.3) is 0 Å². The Bertz CT molecular complexity index is 1320. The molecule has 2 rings (SSSR count). The summed E-state index contributed by atoms with van der Waals surface area (Å²) in [7, 11) is 1.69. The van der Waals surface area contributed by atoms with Crippen molar-refractivity contribution in [2.24, 2.45) is 13.0 Å². The predicted octanol–water partition coefficient (Wildman–Crippen LogP) is 5.56. The zero-order valence-electron chi connectivity index (χ0n) is 24.4. The second-order valence-electron chi connectivity index (χ2n) is 10.2. The Kier molecular flexibility index (Phi) is 11.6. The van der Waals surface area contributed by atoms with Crippen LogP contribution in [-0.2, 0) is 21.6 Å². The van der Waals surface area contributed by atoms with Crippen molar-refractivity contribution in [2.45, 2.75) is 64.3 Å². The van der Waals surface area contributed by atoms with E-state index in [2.05, 4.69) is 65.0 Å². The van der Waals surface area contributed by atoms with Gasteiger partial charge in [-0.25, -0.2) is 13.4 Å². The summed E-state index contributed by atoms with van der Waals surface area (Å²) >= 11 is 6.35. The van der Waals surface area contributed by atoms with Crippen LogP contribution in [0.25, 0.3) is 0 Å². The van der Waals surface area contributed by atoms with E-state index in [0.29, 0.717) is 17.7 Å². The minimum absolute atomic E-state index is 0.0741. The van der Waals surface area contributed by atoms with Crippen LogP contribution in [0.1, 0.15) is 48.0 Å². The van der Waals surface area contributed by atoms with Crippen molar-refractivity contribution >= 4 is 38.9 Å². The molecule has 2 aromatic heterocycles. The van der Waals surface area contributed by atoms with Crippen molar-refractivity contribution < 1.29 is 13.2 Å². The minimum Gasteiger partial charge on any atom is -0.502 e. The van der Waals surface area contributed by atoms with E-state index in [1.54, 1.807) is 40.5 Å². The van der Waals surface area contributed by atoms with Gasteiger partial charge in [-0.15, -0.1) is 0 Å². The fourth-order valence-electron chi connectivity index (χ4n) is 3.53. The molecule has 0 aliphatic rings. The molecule has 216 valence electrons. The number of methoxy groups -OCH3 is 1. The average Bonchev–Trinajstić information content (AvgIpc) is 3.24. The number of anilines is 3. The number of ether oxygens (including phenoxy) is 1. The Morgan fingerprint density at radius 2 is 1.95 bits per heavy atom. The van der Waals surface area contributed by atoms with Gasteiger partial charge in [0.15, 0.2) is 5.82 Å². The van der Waals surface area contributed by atoms with Gasteiger partial charge >= 0.3 is 0 Å². The first-order valence-corrected chi connectivity index (χ1v) is 14.7. The Balaban J connectivity index is 2.27. The number of sulfone groups is 1. The molecule has 0 bridgehead atoms. The van der Waals surface area contributed by atoms with Crippen LogP contribution >= 0.6 is 11.6 Å².